The molecule has 0 N–H and O–H groups in total. The Kier molecular flexibility index (Phi) is 5.21. The normalized spacial score (nSPS) is 20.9. The van der Waals surface area contributed by atoms with Crippen molar-refractivity contribution in [2.45, 2.75) is 47.0 Å². The molecule has 0 heterocycles. The van der Waals surface area contributed by atoms with Crippen LogP contribution in [0.15, 0.2) is 47.6 Å². The van der Waals surface area contributed by atoms with Gasteiger partial charge >= 0.3 is 0 Å². The third-order valence-electron chi connectivity index (χ3n) is 3.34. The fourth-order valence-electron chi connectivity index (χ4n) is 2.24. The highest BCUT2D eigenvalue weighted by Crippen LogP contribution is 2.37. The number of allylic oxidation sites excluding steroid dienone is 4. The molecule has 1 aromatic rings. The van der Waals surface area contributed by atoms with Gasteiger partial charge in [0.1, 0.15) is 0 Å². The van der Waals surface area contributed by atoms with E-state index in [0.717, 1.165) is 6.42 Å². The van der Waals surface area contributed by atoms with Crippen molar-refractivity contribution in [2.24, 2.45) is 0 Å². The number of fused-ring (bicyclic) bond motifs is 1. The SMILES string of the molecule is C/C=C(C)\C=C1\Cc2ccccc2C1C.CC. The van der Waals surface area contributed by atoms with Crippen LogP contribution in [-0.2, 0) is 6.42 Å². The van der Waals surface area contributed by atoms with Crippen LogP contribution in [0.1, 0.15) is 51.7 Å². The fraction of sp³-hybridized carbons (Fsp3) is 0.412. The highest BCUT2D eigenvalue weighted by molar-refractivity contribution is 5.46. The zero-order chi connectivity index (χ0) is 12.8. The Hall–Kier alpha value is -1.30. The van der Waals surface area contributed by atoms with E-state index in [-0.39, 0.29) is 0 Å². The van der Waals surface area contributed by atoms with Gasteiger partial charge in [0.25, 0.3) is 0 Å². The number of hydrogen-bond acceptors (Lipinski definition) is 0. The Bertz CT molecular complexity index is 421. The van der Waals surface area contributed by atoms with E-state index in [1.165, 1.54) is 16.7 Å². The third kappa shape index (κ3) is 3.09. The van der Waals surface area contributed by atoms with Crippen LogP contribution in [0, 0.1) is 0 Å². The van der Waals surface area contributed by atoms with Crippen LogP contribution in [0.3, 0.4) is 0 Å². The predicted molar refractivity (Wildman–Crippen MR) is 77.4 cm³/mol. The zero-order valence-electron chi connectivity index (χ0n) is 11.7. The minimum absolute atomic E-state index is 0.594. The first-order valence-electron chi connectivity index (χ1n) is 6.63. The van der Waals surface area contributed by atoms with Crippen LogP contribution < -0.4 is 0 Å². The van der Waals surface area contributed by atoms with E-state index in [9.17, 15) is 0 Å². The highest BCUT2D eigenvalue weighted by atomic mass is 14.3. The summed E-state index contributed by atoms with van der Waals surface area (Å²) in [6, 6.07) is 8.78. The zero-order valence-corrected chi connectivity index (χ0v) is 11.7. The van der Waals surface area contributed by atoms with Crippen LogP contribution >= 0.6 is 0 Å². The molecule has 1 atom stereocenters. The number of benzene rings is 1. The molecule has 1 unspecified atom stereocenters. The number of hydrogen-bond donors (Lipinski definition) is 0. The average molecular weight is 228 g/mol. The molecule has 2 rings (SSSR count). The van der Waals surface area contributed by atoms with Crippen LogP contribution in [0.25, 0.3) is 0 Å². The molecule has 0 nitrogen and oxygen atoms in total. The van der Waals surface area contributed by atoms with E-state index in [2.05, 4.69) is 57.2 Å². The van der Waals surface area contributed by atoms with Crippen molar-refractivity contribution in [1.82, 2.24) is 0 Å². The van der Waals surface area contributed by atoms with Gasteiger partial charge in [-0.2, -0.15) is 0 Å². The maximum absolute atomic E-state index is 2.34. The second-order valence-electron chi connectivity index (χ2n) is 4.35. The summed E-state index contributed by atoms with van der Waals surface area (Å²) < 4.78 is 0. The van der Waals surface area contributed by atoms with Crippen LogP contribution in [-0.4, -0.2) is 0 Å². The van der Waals surface area contributed by atoms with Gasteiger partial charge in [-0.15, -0.1) is 0 Å². The Morgan fingerprint density at radius 3 is 2.47 bits per heavy atom. The summed E-state index contributed by atoms with van der Waals surface area (Å²) in [4.78, 5) is 0. The van der Waals surface area contributed by atoms with E-state index in [0.29, 0.717) is 5.92 Å². The Balaban J connectivity index is 0.000000686. The third-order valence-corrected chi connectivity index (χ3v) is 3.34. The lowest BCUT2D eigenvalue weighted by molar-refractivity contribution is 0.923. The lowest BCUT2D eigenvalue weighted by atomic mass is 9.99. The van der Waals surface area contributed by atoms with Gasteiger partial charge < -0.3 is 0 Å². The molecule has 0 saturated heterocycles. The smallest absolute Gasteiger partial charge is 0.00292 e. The van der Waals surface area contributed by atoms with Gasteiger partial charge in [-0.05, 0) is 31.4 Å². The molecule has 0 aromatic heterocycles. The molecule has 0 amide bonds. The molecule has 1 aliphatic rings. The highest BCUT2D eigenvalue weighted by Gasteiger charge is 2.22. The van der Waals surface area contributed by atoms with Crippen molar-refractivity contribution in [1.29, 1.82) is 0 Å². The summed E-state index contributed by atoms with van der Waals surface area (Å²) in [6.07, 6.45) is 5.63. The molecule has 0 saturated carbocycles. The summed E-state index contributed by atoms with van der Waals surface area (Å²) >= 11 is 0. The quantitative estimate of drug-likeness (QED) is 0.614. The van der Waals surface area contributed by atoms with E-state index >= 15 is 0 Å². The molecular formula is C17H24. The lowest BCUT2D eigenvalue weighted by Crippen LogP contribution is -1.89. The van der Waals surface area contributed by atoms with Crippen molar-refractivity contribution in [3.63, 3.8) is 0 Å². The van der Waals surface area contributed by atoms with Crippen molar-refractivity contribution >= 4 is 0 Å². The van der Waals surface area contributed by atoms with Gasteiger partial charge in [-0.25, -0.2) is 0 Å². The second kappa shape index (κ2) is 6.44. The standard InChI is InChI=1S/C15H18.C2H6/c1-4-11(2)9-14-10-13-7-5-6-8-15(13)12(14)3;1-2/h4-9,12H,10H2,1-3H3;1-2H3/b11-4-,14-9-;. The first kappa shape index (κ1) is 13.8. The maximum atomic E-state index is 2.34. The van der Waals surface area contributed by atoms with Crippen LogP contribution in [0.5, 0.6) is 0 Å². The van der Waals surface area contributed by atoms with Gasteiger partial charge in [0.2, 0.25) is 0 Å². The molecule has 0 radical (unpaired) electrons. The van der Waals surface area contributed by atoms with Gasteiger partial charge in [-0.3, -0.25) is 0 Å². The summed E-state index contributed by atoms with van der Waals surface area (Å²) in [7, 11) is 0. The van der Waals surface area contributed by atoms with Crippen molar-refractivity contribution in [2.75, 3.05) is 0 Å². The molecule has 0 aliphatic heterocycles. The van der Waals surface area contributed by atoms with Gasteiger partial charge in [0.15, 0.2) is 0 Å². The Labute approximate surface area is 106 Å². The van der Waals surface area contributed by atoms with E-state index in [1.807, 2.05) is 13.8 Å². The molecule has 92 valence electrons. The van der Waals surface area contributed by atoms with Crippen molar-refractivity contribution in [3.05, 3.63) is 58.7 Å². The molecule has 0 fully saturated rings. The first-order chi connectivity index (χ1) is 8.22. The molecular weight excluding hydrogens is 204 g/mol. The van der Waals surface area contributed by atoms with Gasteiger partial charge in [-0.1, -0.05) is 68.3 Å². The largest absolute Gasteiger partial charge is 0.0847 e. The molecule has 0 spiro atoms. The molecule has 0 heteroatoms. The van der Waals surface area contributed by atoms with E-state index < -0.39 is 0 Å². The first-order valence-corrected chi connectivity index (χ1v) is 6.63. The number of rotatable bonds is 1. The second-order valence-corrected chi connectivity index (χ2v) is 4.35. The Morgan fingerprint density at radius 1 is 1.24 bits per heavy atom. The average Bonchev–Trinajstić information content (AvgIpc) is 2.69. The summed E-state index contributed by atoms with van der Waals surface area (Å²) in [5, 5.41) is 0. The predicted octanol–water partition coefficient (Wildman–Crippen LogP) is 5.27. The minimum atomic E-state index is 0.594. The van der Waals surface area contributed by atoms with E-state index in [4.69, 9.17) is 0 Å². The summed E-state index contributed by atoms with van der Waals surface area (Å²) in [5.74, 6) is 0.594. The summed E-state index contributed by atoms with van der Waals surface area (Å²) in [6.45, 7) is 10.6. The van der Waals surface area contributed by atoms with Gasteiger partial charge in [0, 0.05) is 5.92 Å². The molecule has 1 aromatic carbocycles. The summed E-state index contributed by atoms with van der Waals surface area (Å²) in [5.41, 5.74) is 5.92. The van der Waals surface area contributed by atoms with E-state index in [1.54, 1.807) is 5.57 Å². The van der Waals surface area contributed by atoms with Crippen LogP contribution in [0.2, 0.25) is 0 Å². The maximum Gasteiger partial charge on any atom is 0.00292 e. The van der Waals surface area contributed by atoms with Crippen molar-refractivity contribution < 1.29 is 0 Å². The topological polar surface area (TPSA) is 0 Å². The molecule has 0 bridgehead atoms. The van der Waals surface area contributed by atoms with Crippen molar-refractivity contribution in [3.8, 4) is 0 Å². The monoisotopic (exact) mass is 228 g/mol. The Morgan fingerprint density at radius 2 is 1.88 bits per heavy atom. The molecule has 1 aliphatic carbocycles. The van der Waals surface area contributed by atoms with Crippen LogP contribution in [0.4, 0.5) is 0 Å². The molecule has 17 heavy (non-hydrogen) atoms. The van der Waals surface area contributed by atoms with Gasteiger partial charge in [0.05, 0.1) is 0 Å². The lowest BCUT2D eigenvalue weighted by Gasteiger charge is -2.06. The minimum Gasteiger partial charge on any atom is -0.0847 e. The fourth-order valence-corrected chi connectivity index (χ4v) is 2.24.